The molecule has 1 aromatic carbocycles. The van der Waals surface area contributed by atoms with Crippen LogP contribution in [0.2, 0.25) is 0 Å². The monoisotopic (exact) mass is 355 g/mol. The molecule has 2 aromatic rings. The van der Waals surface area contributed by atoms with Gasteiger partial charge in [0.05, 0.1) is 12.7 Å². The molecule has 3 rings (SSSR count). The van der Waals surface area contributed by atoms with Crippen molar-refractivity contribution in [1.29, 1.82) is 0 Å². The van der Waals surface area contributed by atoms with E-state index < -0.39 is 0 Å². The predicted octanol–water partition coefficient (Wildman–Crippen LogP) is 3.44. The van der Waals surface area contributed by atoms with E-state index in [1.807, 2.05) is 0 Å². The third-order valence-electron chi connectivity index (χ3n) is 3.31. The summed E-state index contributed by atoms with van der Waals surface area (Å²) < 4.78 is 25.2. The number of hydrogen-bond donors (Lipinski definition) is 1. The van der Waals surface area contributed by atoms with Crippen molar-refractivity contribution in [2.24, 2.45) is 0 Å². The van der Waals surface area contributed by atoms with Crippen LogP contribution in [0.5, 0.6) is 5.75 Å². The van der Waals surface area contributed by atoms with E-state index in [1.54, 1.807) is 30.0 Å². The minimum absolute atomic E-state index is 0.282. The van der Waals surface area contributed by atoms with E-state index >= 15 is 0 Å². The van der Waals surface area contributed by atoms with Crippen LogP contribution in [-0.4, -0.2) is 41.8 Å². The lowest BCUT2D eigenvalue weighted by atomic mass is 10.2. The number of nitrogens with one attached hydrogen (secondary N) is 1. The lowest BCUT2D eigenvalue weighted by Gasteiger charge is -2.08. The maximum Gasteiger partial charge on any atom is 0.206 e. The molecule has 23 heavy (non-hydrogen) atoms. The molecular weight excluding hydrogens is 337 g/mol. The Morgan fingerprint density at radius 2 is 2.30 bits per heavy atom. The van der Waals surface area contributed by atoms with Crippen LogP contribution in [0, 0.1) is 5.82 Å². The number of anilines is 1. The SMILES string of the molecule is Fc1ccccc1OCCSc1nnc(NCC2CCCO2)s1. The van der Waals surface area contributed by atoms with Crippen LogP contribution in [0.25, 0.3) is 0 Å². The zero-order valence-corrected chi connectivity index (χ0v) is 14.2. The third-order valence-corrected chi connectivity index (χ3v) is 5.29. The molecule has 1 aliphatic rings. The van der Waals surface area contributed by atoms with Crippen molar-refractivity contribution in [3.63, 3.8) is 0 Å². The smallest absolute Gasteiger partial charge is 0.206 e. The minimum atomic E-state index is -0.339. The van der Waals surface area contributed by atoms with E-state index in [-0.39, 0.29) is 17.7 Å². The van der Waals surface area contributed by atoms with Gasteiger partial charge in [0.1, 0.15) is 0 Å². The molecule has 1 fully saturated rings. The number of hydrogen-bond acceptors (Lipinski definition) is 7. The fraction of sp³-hybridized carbons (Fsp3) is 0.467. The number of aromatic nitrogens is 2. The first-order valence-electron chi connectivity index (χ1n) is 7.50. The van der Waals surface area contributed by atoms with Crippen LogP contribution in [-0.2, 0) is 4.74 Å². The van der Waals surface area contributed by atoms with Gasteiger partial charge in [0.2, 0.25) is 5.13 Å². The molecule has 0 saturated carbocycles. The summed E-state index contributed by atoms with van der Waals surface area (Å²) in [6.07, 6.45) is 2.51. The normalized spacial score (nSPS) is 17.3. The molecule has 1 aromatic heterocycles. The first-order valence-corrected chi connectivity index (χ1v) is 9.30. The van der Waals surface area contributed by atoms with Gasteiger partial charge in [0.25, 0.3) is 0 Å². The van der Waals surface area contributed by atoms with Crippen LogP contribution in [0.15, 0.2) is 28.6 Å². The van der Waals surface area contributed by atoms with Crippen molar-refractivity contribution in [1.82, 2.24) is 10.2 Å². The van der Waals surface area contributed by atoms with Gasteiger partial charge in [-0.1, -0.05) is 35.2 Å². The summed E-state index contributed by atoms with van der Waals surface area (Å²) in [5.41, 5.74) is 0. The Balaban J connectivity index is 1.36. The molecule has 8 heteroatoms. The van der Waals surface area contributed by atoms with Gasteiger partial charge in [-0.25, -0.2) is 4.39 Å². The van der Waals surface area contributed by atoms with Crippen LogP contribution < -0.4 is 10.1 Å². The van der Waals surface area contributed by atoms with Gasteiger partial charge in [0, 0.05) is 18.9 Å². The topological polar surface area (TPSA) is 56.3 Å². The highest BCUT2D eigenvalue weighted by molar-refractivity contribution is 8.01. The molecule has 0 radical (unpaired) electrons. The molecule has 1 aliphatic heterocycles. The lowest BCUT2D eigenvalue weighted by molar-refractivity contribution is 0.120. The largest absolute Gasteiger partial charge is 0.490 e. The zero-order chi connectivity index (χ0) is 15.9. The first kappa shape index (κ1) is 16.5. The quantitative estimate of drug-likeness (QED) is 0.578. The number of nitrogens with zero attached hydrogens (tertiary/aromatic N) is 2. The highest BCUT2D eigenvalue weighted by atomic mass is 32.2. The predicted molar refractivity (Wildman–Crippen MR) is 90.0 cm³/mol. The fourth-order valence-corrected chi connectivity index (χ4v) is 3.83. The van der Waals surface area contributed by atoms with Gasteiger partial charge in [-0.2, -0.15) is 0 Å². The molecule has 1 atom stereocenters. The molecule has 0 amide bonds. The molecule has 2 heterocycles. The van der Waals surface area contributed by atoms with Crippen LogP contribution in [0.3, 0.4) is 0 Å². The molecule has 1 saturated heterocycles. The van der Waals surface area contributed by atoms with Crippen molar-refractivity contribution in [3.8, 4) is 5.75 Å². The average molecular weight is 355 g/mol. The highest BCUT2D eigenvalue weighted by Crippen LogP contribution is 2.26. The van der Waals surface area contributed by atoms with Crippen molar-refractivity contribution < 1.29 is 13.9 Å². The second-order valence-electron chi connectivity index (χ2n) is 5.02. The van der Waals surface area contributed by atoms with Gasteiger partial charge < -0.3 is 14.8 Å². The summed E-state index contributed by atoms with van der Waals surface area (Å²) in [4.78, 5) is 0. The molecule has 124 valence electrons. The Labute approximate surface area is 142 Å². The van der Waals surface area contributed by atoms with Crippen LogP contribution >= 0.6 is 23.1 Å². The fourth-order valence-electron chi connectivity index (χ4n) is 2.19. The maximum absolute atomic E-state index is 13.4. The van der Waals surface area contributed by atoms with Crippen LogP contribution in [0.4, 0.5) is 9.52 Å². The number of benzene rings is 1. The summed E-state index contributed by atoms with van der Waals surface area (Å²) in [6, 6.07) is 6.41. The Bertz CT molecular complexity index is 620. The van der Waals surface area contributed by atoms with Gasteiger partial charge in [-0.3, -0.25) is 0 Å². The Hall–Kier alpha value is -1.38. The molecule has 0 aliphatic carbocycles. The number of rotatable bonds is 8. The van der Waals surface area contributed by atoms with E-state index in [2.05, 4.69) is 15.5 Å². The first-order chi connectivity index (χ1) is 11.3. The summed E-state index contributed by atoms with van der Waals surface area (Å²) in [5, 5.41) is 12.3. The Morgan fingerprint density at radius 1 is 1.39 bits per heavy atom. The average Bonchev–Trinajstić information content (AvgIpc) is 3.23. The second kappa shape index (κ2) is 8.47. The van der Waals surface area contributed by atoms with E-state index in [4.69, 9.17) is 9.47 Å². The summed E-state index contributed by atoms with van der Waals surface area (Å²) >= 11 is 3.06. The lowest BCUT2D eigenvalue weighted by Crippen LogP contribution is -2.18. The molecule has 0 spiro atoms. The standard InChI is InChI=1S/C15H18FN3O2S2/c16-12-5-1-2-6-13(12)21-8-9-22-15-19-18-14(23-15)17-10-11-4-3-7-20-11/h1-2,5-6,11H,3-4,7-10H2,(H,17,18). The van der Waals surface area contributed by atoms with Gasteiger partial charge in [-0.15, -0.1) is 10.2 Å². The van der Waals surface area contributed by atoms with Crippen molar-refractivity contribution in [2.45, 2.75) is 23.3 Å². The zero-order valence-electron chi connectivity index (χ0n) is 12.5. The molecule has 0 bridgehead atoms. The van der Waals surface area contributed by atoms with Crippen molar-refractivity contribution in [3.05, 3.63) is 30.1 Å². The number of para-hydroxylation sites is 1. The minimum Gasteiger partial charge on any atom is -0.490 e. The summed E-state index contributed by atoms with van der Waals surface area (Å²) in [7, 11) is 0. The Kier molecular flexibility index (Phi) is 6.06. The highest BCUT2D eigenvalue weighted by Gasteiger charge is 2.15. The van der Waals surface area contributed by atoms with Crippen LogP contribution in [0.1, 0.15) is 12.8 Å². The second-order valence-corrected chi connectivity index (χ2v) is 7.34. The van der Waals surface area contributed by atoms with E-state index in [0.717, 1.165) is 35.5 Å². The number of halogens is 1. The molecule has 5 nitrogen and oxygen atoms in total. The van der Waals surface area contributed by atoms with Crippen molar-refractivity contribution in [2.75, 3.05) is 30.8 Å². The van der Waals surface area contributed by atoms with Crippen molar-refractivity contribution >= 4 is 28.2 Å². The summed E-state index contributed by atoms with van der Waals surface area (Å²) in [6.45, 7) is 2.05. The number of ether oxygens (including phenoxy) is 2. The Morgan fingerprint density at radius 3 is 3.13 bits per heavy atom. The van der Waals surface area contributed by atoms with E-state index in [0.29, 0.717) is 12.4 Å². The van der Waals surface area contributed by atoms with E-state index in [1.165, 1.54) is 17.4 Å². The van der Waals surface area contributed by atoms with Gasteiger partial charge in [-0.05, 0) is 25.0 Å². The van der Waals surface area contributed by atoms with E-state index in [9.17, 15) is 4.39 Å². The molecule has 1 unspecified atom stereocenters. The molecular formula is C15H18FN3O2S2. The van der Waals surface area contributed by atoms with Gasteiger partial charge >= 0.3 is 0 Å². The third kappa shape index (κ3) is 5.05. The molecule has 1 N–H and O–H groups in total. The van der Waals surface area contributed by atoms with Gasteiger partial charge in [0.15, 0.2) is 15.9 Å². The summed E-state index contributed by atoms with van der Waals surface area (Å²) in [5.74, 6) is 0.632. The number of thioether (sulfide) groups is 1. The maximum atomic E-state index is 13.4.